The molecule has 16 heavy (non-hydrogen) atoms. The van der Waals surface area contributed by atoms with Gasteiger partial charge in [-0.25, -0.2) is 0 Å². The van der Waals surface area contributed by atoms with E-state index in [9.17, 15) is 13.2 Å². The minimum Gasteiger partial charge on any atom is -0.326 e. The topological polar surface area (TPSA) is 83.5 Å². The van der Waals surface area contributed by atoms with Gasteiger partial charge in [0.15, 0.2) is 0 Å². The molecule has 0 aliphatic heterocycles. The first-order chi connectivity index (χ1) is 7.30. The molecule has 1 rings (SSSR count). The van der Waals surface area contributed by atoms with Gasteiger partial charge in [-0.3, -0.25) is 9.35 Å². The zero-order valence-corrected chi connectivity index (χ0v) is 9.78. The lowest BCUT2D eigenvalue weighted by Crippen LogP contribution is -2.17. The van der Waals surface area contributed by atoms with Crippen LogP contribution in [-0.4, -0.2) is 18.9 Å². The Hall–Kier alpha value is -1.40. The van der Waals surface area contributed by atoms with Crippen LogP contribution >= 0.6 is 0 Å². The van der Waals surface area contributed by atoms with Crippen molar-refractivity contribution in [2.75, 3.05) is 5.32 Å². The van der Waals surface area contributed by atoms with Crippen LogP contribution < -0.4 is 5.32 Å². The molecule has 0 atom stereocenters. The van der Waals surface area contributed by atoms with Crippen LogP contribution in [0.3, 0.4) is 0 Å². The van der Waals surface area contributed by atoms with Gasteiger partial charge in [0.2, 0.25) is 5.91 Å². The number of carbonyl (C=O) groups excluding carboxylic acids is 1. The van der Waals surface area contributed by atoms with Crippen LogP contribution in [0.25, 0.3) is 0 Å². The molecule has 0 aliphatic rings. The fourth-order valence-electron chi connectivity index (χ4n) is 1.02. The lowest BCUT2D eigenvalue weighted by Gasteiger charge is -2.08. The van der Waals surface area contributed by atoms with Gasteiger partial charge in [-0.1, -0.05) is 19.9 Å². The lowest BCUT2D eigenvalue weighted by atomic mass is 10.2. The smallest absolute Gasteiger partial charge is 0.294 e. The molecule has 0 saturated carbocycles. The number of rotatable bonds is 3. The summed E-state index contributed by atoms with van der Waals surface area (Å²) in [5, 5.41) is 2.54. The van der Waals surface area contributed by atoms with Crippen LogP contribution in [0.2, 0.25) is 0 Å². The van der Waals surface area contributed by atoms with E-state index in [0.717, 1.165) is 0 Å². The molecule has 0 bridgehead atoms. The largest absolute Gasteiger partial charge is 0.326 e. The van der Waals surface area contributed by atoms with Gasteiger partial charge in [-0.15, -0.1) is 0 Å². The van der Waals surface area contributed by atoms with Crippen molar-refractivity contribution in [1.82, 2.24) is 0 Å². The van der Waals surface area contributed by atoms with Crippen molar-refractivity contribution in [3.05, 3.63) is 24.3 Å². The fourth-order valence-corrected chi connectivity index (χ4v) is 1.55. The van der Waals surface area contributed by atoms with E-state index >= 15 is 0 Å². The highest BCUT2D eigenvalue weighted by atomic mass is 32.2. The Kier molecular flexibility index (Phi) is 3.66. The maximum absolute atomic E-state index is 11.4. The van der Waals surface area contributed by atoms with Gasteiger partial charge >= 0.3 is 0 Å². The lowest BCUT2D eigenvalue weighted by molar-refractivity contribution is -0.118. The van der Waals surface area contributed by atoms with E-state index in [1.54, 1.807) is 19.9 Å². The second kappa shape index (κ2) is 4.63. The number of carbonyl (C=O) groups is 1. The Bertz CT molecular complexity index is 493. The molecule has 2 N–H and O–H groups in total. The van der Waals surface area contributed by atoms with Gasteiger partial charge in [0, 0.05) is 11.6 Å². The predicted octanol–water partition coefficient (Wildman–Crippen LogP) is 1.53. The summed E-state index contributed by atoms with van der Waals surface area (Å²) in [7, 11) is -4.23. The molecule has 0 fully saturated rings. The van der Waals surface area contributed by atoms with Crippen molar-refractivity contribution < 1.29 is 17.8 Å². The van der Waals surface area contributed by atoms with Gasteiger partial charge in [-0.2, -0.15) is 8.42 Å². The van der Waals surface area contributed by atoms with Gasteiger partial charge < -0.3 is 5.32 Å². The third kappa shape index (κ3) is 3.32. The molecule has 5 nitrogen and oxygen atoms in total. The van der Waals surface area contributed by atoms with Crippen molar-refractivity contribution >= 4 is 21.7 Å². The summed E-state index contributed by atoms with van der Waals surface area (Å²) in [5.41, 5.74) is 0.342. The third-order valence-corrected chi connectivity index (χ3v) is 2.77. The Morgan fingerprint density at radius 2 is 2.00 bits per heavy atom. The SMILES string of the molecule is CC(C)C(=O)Nc1cccc(S(=O)(=O)O)c1. The zero-order chi connectivity index (χ0) is 12.3. The minimum absolute atomic E-state index is 0.200. The van der Waals surface area contributed by atoms with Crippen LogP contribution in [0, 0.1) is 5.92 Å². The number of amides is 1. The molecule has 6 heteroatoms. The highest BCUT2D eigenvalue weighted by Crippen LogP contribution is 2.15. The highest BCUT2D eigenvalue weighted by Gasteiger charge is 2.11. The van der Waals surface area contributed by atoms with Crippen LogP contribution in [0.4, 0.5) is 5.69 Å². The molecule has 88 valence electrons. The summed E-state index contributed by atoms with van der Waals surface area (Å²) in [6.07, 6.45) is 0. The summed E-state index contributed by atoms with van der Waals surface area (Å²) in [6.45, 7) is 3.45. The molecule has 0 heterocycles. The summed E-state index contributed by atoms with van der Waals surface area (Å²) < 4.78 is 30.5. The van der Waals surface area contributed by atoms with E-state index in [4.69, 9.17) is 4.55 Å². The van der Waals surface area contributed by atoms with Crippen molar-refractivity contribution in [2.24, 2.45) is 5.92 Å². The molecule has 0 spiro atoms. The first-order valence-electron chi connectivity index (χ1n) is 4.69. The maximum Gasteiger partial charge on any atom is 0.294 e. The Labute approximate surface area is 94.2 Å². The molecular formula is C10H13NO4S. The number of anilines is 1. The van der Waals surface area contributed by atoms with Crippen molar-refractivity contribution in [3.8, 4) is 0 Å². The second-order valence-electron chi connectivity index (χ2n) is 3.65. The molecule has 0 unspecified atom stereocenters. The number of hydrogen-bond acceptors (Lipinski definition) is 3. The Morgan fingerprint density at radius 1 is 1.38 bits per heavy atom. The fraction of sp³-hybridized carbons (Fsp3) is 0.300. The van der Waals surface area contributed by atoms with E-state index in [1.807, 2.05) is 0 Å². The molecular weight excluding hydrogens is 230 g/mol. The molecule has 0 aromatic heterocycles. The molecule has 1 aromatic carbocycles. The van der Waals surface area contributed by atoms with Crippen LogP contribution in [0.1, 0.15) is 13.8 Å². The summed E-state index contributed by atoms with van der Waals surface area (Å²) in [6, 6.07) is 5.45. The van der Waals surface area contributed by atoms with Gasteiger partial charge in [0.05, 0.1) is 4.90 Å². The second-order valence-corrected chi connectivity index (χ2v) is 5.07. The van der Waals surface area contributed by atoms with Crippen molar-refractivity contribution in [3.63, 3.8) is 0 Å². The molecule has 1 aromatic rings. The number of nitrogens with one attached hydrogen (secondary N) is 1. The minimum atomic E-state index is -4.23. The number of benzene rings is 1. The number of hydrogen-bond donors (Lipinski definition) is 2. The standard InChI is InChI=1S/C10H13NO4S/c1-7(2)10(12)11-8-4-3-5-9(6-8)16(13,14)15/h3-7H,1-2H3,(H,11,12)(H,13,14,15). The van der Waals surface area contributed by atoms with E-state index in [0.29, 0.717) is 5.69 Å². The first-order valence-corrected chi connectivity index (χ1v) is 6.13. The van der Waals surface area contributed by atoms with E-state index in [-0.39, 0.29) is 16.7 Å². The van der Waals surface area contributed by atoms with E-state index < -0.39 is 10.1 Å². The normalized spacial score (nSPS) is 11.5. The van der Waals surface area contributed by atoms with Crippen molar-refractivity contribution in [1.29, 1.82) is 0 Å². The maximum atomic E-state index is 11.4. The van der Waals surface area contributed by atoms with Gasteiger partial charge in [0.1, 0.15) is 0 Å². The quantitative estimate of drug-likeness (QED) is 0.788. The Balaban J connectivity index is 2.96. The summed E-state index contributed by atoms with van der Waals surface area (Å²) >= 11 is 0. The molecule has 0 radical (unpaired) electrons. The monoisotopic (exact) mass is 243 g/mol. The molecule has 0 aliphatic carbocycles. The van der Waals surface area contributed by atoms with Crippen molar-refractivity contribution in [2.45, 2.75) is 18.7 Å². The first kappa shape index (κ1) is 12.7. The average molecular weight is 243 g/mol. The predicted molar refractivity (Wildman–Crippen MR) is 59.7 cm³/mol. The average Bonchev–Trinajstić information content (AvgIpc) is 2.16. The highest BCUT2D eigenvalue weighted by molar-refractivity contribution is 7.85. The summed E-state index contributed by atoms with van der Waals surface area (Å²) in [5.74, 6) is -0.415. The van der Waals surface area contributed by atoms with Crippen LogP contribution in [0.5, 0.6) is 0 Å². The summed E-state index contributed by atoms with van der Waals surface area (Å²) in [4.78, 5) is 11.1. The molecule has 0 saturated heterocycles. The van der Waals surface area contributed by atoms with Crippen LogP contribution in [-0.2, 0) is 14.9 Å². The van der Waals surface area contributed by atoms with Gasteiger partial charge in [-0.05, 0) is 18.2 Å². The third-order valence-electron chi connectivity index (χ3n) is 1.92. The molecule has 1 amide bonds. The Morgan fingerprint density at radius 3 is 2.50 bits per heavy atom. The van der Waals surface area contributed by atoms with E-state index in [1.165, 1.54) is 18.2 Å². The zero-order valence-electron chi connectivity index (χ0n) is 8.97. The van der Waals surface area contributed by atoms with E-state index in [2.05, 4.69) is 5.32 Å². The van der Waals surface area contributed by atoms with Gasteiger partial charge in [0.25, 0.3) is 10.1 Å². The van der Waals surface area contributed by atoms with Crippen LogP contribution in [0.15, 0.2) is 29.2 Å².